The molecule has 0 bridgehead atoms. The van der Waals surface area contributed by atoms with E-state index in [2.05, 4.69) is 118 Å². The van der Waals surface area contributed by atoms with Gasteiger partial charge in [-0.3, -0.25) is 0 Å². The smallest absolute Gasteiger partial charge is 0.127 e. The van der Waals surface area contributed by atoms with Gasteiger partial charge in [0.2, 0.25) is 0 Å². The molecule has 2 aromatic rings. The van der Waals surface area contributed by atoms with Crippen LogP contribution in [0.15, 0.2) is 107 Å². The SMILES string of the molecule is C=C/C(=C\C(C)=C(C)C)CC(=C/C)/C=C(/C)C(=C)C.Cc1ccc(Oc2ccc(C)c(C)c2)cc1C. The van der Waals surface area contributed by atoms with E-state index in [0.29, 0.717) is 0 Å². The van der Waals surface area contributed by atoms with Crippen LogP contribution < -0.4 is 4.74 Å². The van der Waals surface area contributed by atoms with Crippen molar-refractivity contribution in [2.45, 2.75) is 75.7 Å². The molecule has 0 aliphatic heterocycles. The Balaban J connectivity index is 0.000000361. The fourth-order valence-electron chi connectivity index (χ4n) is 3.17. The van der Waals surface area contributed by atoms with Crippen LogP contribution in [0, 0.1) is 27.7 Å². The highest BCUT2D eigenvalue weighted by molar-refractivity contribution is 5.41. The quantitative estimate of drug-likeness (QED) is 0.340. The highest BCUT2D eigenvalue weighted by atomic mass is 16.5. The molecule has 0 unspecified atom stereocenters. The zero-order valence-corrected chi connectivity index (χ0v) is 24.3. The summed E-state index contributed by atoms with van der Waals surface area (Å²) in [6.07, 6.45) is 9.43. The minimum Gasteiger partial charge on any atom is -0.457 e. The number of rotatable bonds is 8. The normalized spacial score (nSPS) is 11.9. The van der Waals surface area contributed by atoms with Crippen LogP contribution in [0.2, 0.25) is 0 Å². The van der Waals surface area contributed by atoms with Crippen LogP contribution in [-0.2, 0) is 0 Å². The topological polar surface area (TPSA) is 9.23 Å². The summed E-state index contributed by atoms with van der Waals surface area (Å²) in [4.78, 5) is 0. The summed E-state index contributed by atoms with van der Waals surface area (Å²) < 4.78 is 5.85. The van der Waals surface area contributed by atoms with Crippen molar-refractivity contribution in [2.75, 3.05) is 0 Å². The minimum absolute atomic E-state index is 0.899. The first kappa shape index (κ1) is 30.7. The summed E-state index contributed by atoms with van der Waals surface area (Å²) >= 11 is 0. The summed E-state index contributed by atoms with van der Waals surface area (Å²) in [6, 6.07) is 12.3. The van der Waals surface area contributed by atoms with Gasteiger partial charge in [-0.15, -0.1) is 0 Å². The van der Waals surface area contributed by atoms with Crippen LogP contribution in [-0.4, -0.2) is 0 Å². The molecular formula is C35H46O. The van der Waals surface area contributed by atoms with Gasteiger partial charge in [0.25, 0.3) is 0 Å². The summed E-state index contributed by atoms with van der Waals surface area (Å²) in [6.45, 7) is 28.9. The summed E-state index contributed by atoms with van der Waals surface area (Å²) in [5, 5.41) is 0. The molecule has 0 aromatic heterocycles. The van der Waals surface area contributed by atoms with E-state index in [1.807, 2.05) is 25.1 Å². The number of hydrogen-bond donors (Lipinski definition) is 0. The van der Waals surface area contributed by atoms with Gasteiger partial charge in [-0.25, -0.2) is 0 Å². The van der Waals surface area contributed by atoms with Crippen molar-refractivity contribution in [2.24, 2.45) is 0 Å². The molecule has 0 heterocycles. The van der Waals surface area contributed by atoms with Crippen LogP contribution in [0.4, 0.5) is 0 Å². The average Bonchev–Trinajstić information content (AvgIpc) is 2.82. The lowest BCUT2D eigenvalue weighted by Crippen LogP contribution is -1.88. The van der Waals surface area contributed by atoms with E-state index in [-0.39, 0.29) is 0 Å². The third kappa shape index (κ3) is 10.5. The minimum atomic E-state index is 0.899. The summed E-state index contributed by atoms with van der Waals surface area (Å²) in [7, 11) is 0. The number of allylic oxidation sites excluding steroid dienone is 10. The predicted molar refractivity (Wildman–Crippen MR) is 161 cm³/mol. The van der Waals surface area contributed by atoms with Gasteiger partial charge in [0.05, 0.1) is 0 Å². The molecule has 0 saturated carbocycles. The van der Waals surface area contributed by atoms with Crippen LogP contribution in [0.25, 0.3) is 0 Å². The molecule has 0 radical (unpaired) electrons. The van der Waals surface area contributed by atoms with Crippen LogP contribution in [0.1, 0.15) is 70.2 Å². The van der Waals surface area contributed by atoms with E-state index in [4.69, 9.17) is 4.74 Å². The largest absolute Gasteiger partial charge is 0.457 e. The Morgan fingerprint density at radius 2 is 1.25 bits per heavy atom. The molecule has 0 atom stereocenters. The van der Waals surface area contributed by atoms with Gasteiger partial charge in [0, 0.05) is 0 Å². The Morgan fingerprint density at radius 3 is 1.61 bits per heavy atom. The number of ether oxygens (including phenoxy) is 1. The second-order valence-corrected chi connectivity index (χ2v) is 9.85. The van der Waals surface area contributed by atoms with Gasteiger partial charge in [0.15, 0.2) is 0 Å². The van der Waals surface area contributed by atoms with E-state index >= 15 is 0 Å². The van der Waals surface area contributed by atoms with Gasteiger partial charge in [0.1, 0.15) is 11.5 Å². The van der Waals surface area contributed by atoms with Gasteiger partial charge in [-0.1, -0.05) is 66.3 Å². The molecule has 2 rings (SSSR count). The first-order valence-electron chi connectivity index (χ1n) is 12.7. The third-order valence-electron chi connectivity index (χ3n) is 6.50. The summed E-state index contributed by atoms with van der Waals surface area (Å²) in [5.41, 5.74) is 12.6. The first-order chi connectivity index (χ1) is 16.9. The Morgan fingerprint density at radius 1 is 0.750 bits per heavy atom. The molecule has 0 saturated heterocycles. The number of aryl methyl sites for hydroxylation is 4. The monoisotopic (exact) mass is 482 g/mol. The number of benzene rings is 2. The zero-order valence-electron chi connectivity index (χ0n) is 24.3. The van der Waals surface area contributed by atoms with Crippen molar-refractivity contribution in [3.63, 3.8) is 0 Å². The van der Waals surface area contributed by atoms with E-state index in [1.165, 1.54) is 50.1 Å². The maximum Gasteiger partial charge on any atom is 0.127 e. The zero-order chi connectivity index (χ0) is 27.4. The molecule has 36 heavy (non-hydrogen) atoms. The third-order valence-corrected chi connectivity index (χ3v) is 6.50. The fourth-order valence-corrected chi connectivity index (χ4v) is 3.17. The summed E-state index contributed by atoms with van der Waals surface area (Å²) in [5.74, 6) is 1.80. The van der Waals surface area contributed by atoms with E-state index < -0.39 is 0 Å². The van der Waals surface area contributed by atoms with E-state index in [9.17, 15) is 0 Å². The van der Waals surface area contributed by atoms with Crippen LogP contribution in [0.3, 0.4) is 0 Å². The number of hydrogen-bond acceptors (Lipinski definition) is 1. The lowest BCUT2D eigenvalue weighted by molar-refractivity contribution is 0.481. The molecule has 192 valence electrons. The van der Waals surface area contributed by atoms with Crippen LogP contribution >= 0.6 is 0 Å². The molecule has 2 aromatic carbocycles. The van der Waals surface area contributed by atoms with Crippen molar-refractivity contribution >= 4 is 0 Å². The van der Waals surface area contributed by atoms with Crippen molar-refractivity contribution in [3.8, 4) is 11.5 Å². The van der Waals surface area contributed by atoms with Gasteiger partial charge in [-0.2, -0.15) is 0 Å². The Kier molecular flexibility index (Phi) is 12.7. The highest BCUT2D eigenvalue weighted by Crippen LogP contribution is 2.25. The molecule has 0 aliphatic carbocycles. The Bertz CT molecular complexity index is 1140. The maximum atomic E-state index is 5.85. The van der Waals surface area contributed by atoms with Crippen LogP contribution in [0.5, 0.6) is 11.5 Å². The van der Waals surface area contributed by atoms with Crippen molar-refractivity contribution in [3.05, 3.63) is 130 Å². The molecular weight excluding hydrogens is 436 g/mol. The van der Waals surface area contributed by atoms with E-state index in [1.54, 1.807) is 0 Å². The lowest BCUT2D eigenvalue weighted by atomic mass is 9.98. The van der Waals surface area contributed by atoms with E-state index in [0.717, 1.165) is 23.5 Å². The maximum absolute atomic E-state index is 5.85. The molecule has 1 nitrogen and oxygen atoms in total. The Labute approximate surface area is 221 Å². The lowest BCUT2D eigenvalue weighted by Gasteiger charge is -2.09. The van der Waals surface area contributed by atoms with Gasteiger partial charge >= 0.3 is 0 Å². The standard InChI is InChI=1S/C19H28.C16H18O/c1-9-18(11-16(7)14(3)4)13-19(10-2)12-17(8)15(5)6;1-11-5-7-15(9-13(11)3)17-16-8-6-12(2)14(4)10-16/h9-12H,1,5,13H2,2-4,6-8H3;5-10H,1-4H3/b17-12-,18-11+,19-10+;. The molecule has 0 spiro atoms. The molecule has 0 N–H and O–H groups in total. The molecule has 0 amide bonds. The second-order valence-electron chi connectivity index (χ2n) is 9.85. The van der Waals surface area contributed by atoms with Gasteiger partial charge < -0.3 is 4.74 Å². The first-order valence-corrected chi connectivity index (χ1v) is 12.7. The predicted octanol–water partition coefficient (Wildman–Crippen LogP) is 11.0. The van der Waals surface area contributed by atoms with Gasteiger partial charge in [-0.05, 0) is 139 Å². The van der Waals surface area contributed by atoms with Crippen molar-refractivity contribution in [1.29, 1.82) is 0 Å². The average molecular weight is 483 g/mol. The van der Waals surface area contributed by atoms with Crippen molar-refractivity contribution in [1.82, 2.24) is 0 Å². The Hall–Kier alpha value is -3.32. The molecule has 0 fully saturated rings. The second kappa shape index (κ2) is 14.9. The molecule has 1 heteroatoms. The molecule has 0 aliphatic rings. The van der Waals surface area contributed by atoms with Crippen molar-refractivity contribution < 1.29 is 4.74 Å². The highest BCUT2D eigenvalue weighted by Gasteiger charge is 2.02. The fraction of sp³-hybridized carbons (Fsp3) is 0.314.